The Kier molecular flexibility index (Phi) is 7.59. The highest BCUT2D eigenvalue weighted by molar-refractivity contribution is 6.07. The van der Waals surface area contributed by atoms with Gasteiger partial charge in [0.15, 0.2) is 11.6 Å². The molecule has 4 aromatic rings. The quantitative estimate of drug-likeness (QED) is 0.271. The Bertz CT molecular complexity index is 1920. The second-order valence-corrected chi connectivity index (χ2v) is 13.5. The Morgan fingerprint density at radius 3 is 2.79 bits per heavy atom. The van der Waals surface area contributed by atoms with Gasteiger partial charge in [-0.25, -0.2) is 4.39 Å². The van der Waals surface area contributed by atoms with Crippen LogP contribution in [0.15, 0.2) is 30.3 Å². The molecule has 47 heavy (non-hydrogen) atoms. The van der Waals surface area contributed by atoms with Crippen LogP contribution in [-0.4, -0.2) is 91.2 Å². The van der Waals surface area contributed by atoms with Gasteiger partial charge in [0.1, 0.15) is 18.2 Å². The first kappa shape index (κ1) is 30.2. The summed E-state index contributed by atoms with van der Waals surface area (Å²) in [6, 6.07) is 9.24. The van der Waals surface area contributed by atoms with Crippen molar-refractivity contribution < 1.29 is 23.7 Å². The van der Waals surface area contributed by atoms with E-state index < -0.39 is 5.82 Å². The lowest BCUT2D eigenvalue weighted by Gasteiger charge is -2.39. The lowest BCUT2D eigenvalue weighted by Crippen LogP contribution is -2.58. The van der Waals surface area contributed by atoms with Crippen molar-refractivity contribution >= 4 is 27.5 Å². The SMILES string of the molecule is C#Cc1cccc2cc(O)cc(-c3c(F)c4c5c(nc(OCC6(CN7CCOCC7)CC6)nc5c3C)N3C[C@@H](CC)NC[C@H]3CO4)c12. The Morgan fingerprint density at radius 1 is 1.19 bits per heavy atom. The molecule has 244 valence electrons. The van der Waals surface area contributed by atoms with Crippen molar-refractivity contribution in [3.05, 3.63) is 47.3 Å². The topological polar surface area (TPSA) is 92.2 Å². The minimum Gasteiger partial charge on any atom is -0.508 e. The van der Waals surface area contributed by atoms with Crippen molar-refractivity contribution in [2.24, 2.45) is 5.41 Å². The number of phenolic OH excluding ortho intramolecular Hbond substituents is 1. The first-order chi connectivity index (χ1) is 22.9. The van der Waals surface area contributed by atoms with Crippen LogP contribution in [0, 0.1) is 30.5 Å². The van der Waals surface area contributed by atoms with Crippen molar-refractivity contribution in [1.82, 2.24) is 20.2 Å². The number of hydrogen-bond acceptors (Lipinski definition) is 9. The molecule has 8 rings (SSSR count). The van der Waals surface area contributed by atoms with E-state index >= 15 is 4.39 Å². The number of piperazine rings is 1. The Balaban J connectivity index is 1.29. The predicted molar refractivity (Wildman–Crippen MR) is 180 cm³/mol. The molecule has 3 aliphatic heterocycles. The fourth-order valence-electron chi connectivity index (χ4n) is 7.57. The summed E-state index contributed by atoms with van der Waals surface area (Å²) in [7, 11) is 0. The maximum absolute atomic E-state index is 17.1. The third kappa shape index (κ3) is 5.31. The van der Waals surface area contributed by atoms with Crippen LogP contribution in [0.4, 0.5) is 10.2 Å². The van der Waals surface area contributed by atoms with E-state index in [-0.39, 0.29) is 41.6 Å². The van der Waals surface area contributed by atoms with Gasteiger partial charge < -0.3 is 29.5 Å². The van der Waals surface area contributed by atoms with Crippen LogP contribution in [0.25, 0.3) is 32.8 Å². The number of aryl methyl sites for hydroxylation is 1. The fraction of sp³-hybridized carbons (Fsp3) is 0.459. The van der Waals surface area contributed by atoms with E-state index in [2.05, 4.69) is 28.0 Å². The normalized spacial score (nSPS) is 22.0. The number of aromatic hydroxyl groups is 1. The van der Waals surface area contributed by atoms with Gasteiger partial charge >= 0.3 is 6.01 Å². The van der Waals surface area contributed by atoms with Crippen LogP contribution in [0.2, 0.25) is 0 Å². The second kappa shape index (κ2) is 11.8. The third-order valence-electron chi connectivity index (χ3n) is 10.4. The van der Waals surface area contributed by atoms with Crippen LogP contribution in [0.3, 0.4) is 0 Å². The molecule has 0 unspecified atom stereocenters. The summed E-state index contributed by atoms with van der Waals surface area (Å²) in [5.74, 6) is 3.00. The maximum Gasteiger partial charge on any atom is 0.318 e. The molecule has 3 fully saturated rings. The summed E-state index contributed by atoms with van der Waals surface area (Å²) in [6.07, 6.45) is 9.07. The van der Waals surface area contributed by atoms with Crippen LogP contribution >= 0.6 is 0 Å². The van der Waals surface area contributed by atoms with Gasteiger partial charge in [0.25, 0.3) is 0 Å². The number of anilines is 1. The molecule has 2 N–H and O–H groups in total. The highest BCUT2D eigenvalue weighted by Gasteiger charge is 2.45. The number of benzene rings is 3. The molecule has 0 bridgehead atoms. The molecule has 9 nitrogen and oxygen atoms in total. The van der Waals surface area contributed by atoms with Crippen molar-refractivity contribution in [3.63, 3.8) is 0 Å². The lowest BCUT2D eigenvalue weighted by molar-refractivity contribution is 0.0231. The number of nitrogens with zero attached hydrogens (tertiary/aromatic N) is 4. The van der Waals surface area contributed by atoms with Crippen molar-refractivity contribution in [2.75, 3.05) is 64.1 Å². The van der Waals surface area contributed by atoms with E-state index in [0.29, 0.717) is 64.1 Å². The number of nitrogens with one attached hydrogen (secondary N) is 1. The van der Waals surface area contributed by atoms with E-state index in [1.807, 2.05) is 25.1 Å². The Hall–Kier alpha value is -4.17. The number of fused-ring (bicyclic) bond motifs is 3. The van der Waals surface area contributed by atoms with E-state index in [4.69, 9.17) is 30.6 Å². The largest absolute Gasteiger partial charge is 0.508 e. The number of hydrogen-bond donors (Lipinski definition) is 2. The summed E-state index contributed by atoms with van der Waals surface area (Å²) in [4.78, 5) is 14.7. The summed E-state index contributed by atoms with van der Waals surface area (Å²) in [5.41, 5.74) is 2.63. The van der Waals surface area contributed by atoms with Crippen LogP contribution in [-0.2, 0) is 4.74 Å². The zero-order chi connectivity index (χ0) is 32.3. The molecule has 1 saturated carbocycles. The number of morpholine rings is 1. The average Bonchev–Trinajstić information content (AvgIpc) is 3.88. The molecule has 1 aliphatic carbocycles. The lowest BCUT2D eigenvalue weighted by atomic mass is 9.90. The van der Waals surface area contributed by atoms with Crippen LogP contribution in [0.5, 0.6) is 17.5 Å². The highest BCUT2D eigenvalue weighted by atomic mass is 19.1. The average molecular weight is 638 g/mol. The number of aromatic nitrogens is 2. The standard InChI is InChI=1S/C37H40FN5O4/c1-4-23-7-6-8-24-15-27(44)16-28(30(23)24)29-22(3)33-31-34(32(29)38)46-19-26-17-39-25(5-2)18-43(26)35(31)41-36(40-33)47-21-37(9-10-37)20-42-11-13-45-14-12-42/h1,6-8,15-16,25-26,39,44H,5,9-14,17-21H2,2-3H3/t25-,26+/m1/s1. The van der Waals surface area contributed by atoms with E-state index in [1.54, 1.807) is 12.1 Å². The molecule has 4 heterocycles. The second-order valence-electron chi connectivity index (χ2n) is 13.5. The van der Waals surface area contributed by atoms with Crippen molar-refractivity contribution in [1.29, 1.82) is 0 Å². The number of halogens is 1. The molecular formula is C37H40FN5O4. The molecule has 3 aromatic carbocycles. The molecule has 10 heteroatoms. The predicted octanol–water partition coefficient (Wildman–Crippen LogP) is 5.02. The zero-order valence-corrected chi connectivity index (χ0v) is 26.9. The van der Waals surface area contributed by atoms with Gasteiger partial charge in [0.05, 0.1) is 36.8 Å². The fourth-order valence-corrected chi connectivity index (χ4v) is 7.57. The number of ether oxygens (including phenoxy) is 3. The van der Waals surface area contributed by atoms with Gasteiger partial charge in [-0.3, -0.25) is 4.90 Å². The van der Waals surface area contributed by atoms with Gasteiger partial charge in [0.2, 0.25) is 0 Å². The van der Waals surface area contributed by atoms with Crippen LogP contribution < -0.4 is 19.7 Å². The molecule has 2 saturated heterocycles. The molecule has 4 aliphatic rings. The molecule has 0 amide bonds. The number of phenols is 1. The highest BCUT2D eigenvalue weighted by Crippen LogP contribution is 2.49. The van der Waals surface area contributed by atoms with Gasteiger partial charge in [-0.15, -0.1) is 6.42 Å². The summed E-state index contributed by atoms with van der Waals surface area (Å²) in [5, 5.41) is 16.4. The van der Waals surface area contributed by atoms with Gasteiger partial charge in [-0.05, 0) is 60.9 Å². The minimum atomic E-state index is -0.519. The van der Waals surface area contributed by atoms with Gasteiger partial charge in [-0.2, -0.15) is 9.97 Å². The van der Waals surface area contributed by atoms with Crippen LogP contribution in [0.1, 0.15) is 37.3 Å². The summed E-state index contributed by atoms with van der Waals surface area (Å²) >= 11 is 0. The number of rotatable bonds is 7. The molecule has 0 spiro atoms. The van der Waals surface area contributed by atoms with Crippen molar-refractivity contribution in [2.45, 2.75) is 45.2 Å². The van der Waals surface area contributed by atoms with E-state index in [9.17, 15) is 5.11 Å². The Morgan fingerprint density at radius 2 is 2.02 bits per heavy atom. The van der Waals surface area contributed by atoms with Gasteiger partial charge in [-0.1, -0.05) is 25.0 Å². The smallest absolute Gasteiger partial charge is 0.318 e. The molecule has 1 aromatic heterocycles. The first-order valence-electron chi connectivity index (χ1n) is 16.7. The molecule has 0 radical (unpaired) electrons. The maximum atomic E-state index is 17.1. The van der Waals surface area contributed by atoms with Gasteiger partial charge in [0, 0.05) is 60.7 Å². The molecule has 2 atom stereocenters. The van der Waals surface area contributed by atoms with E-state index in [0.717, 1.165) is 57.5 Å². The third-order valence-corrected chi connectivity index (χ3v) is 10.4. The first-order valence-corrected chi connectivity index (χ1v) is 16.7. The van der Waals surface area contributed by atoms with Crippen molar-refractivity contribution in [3.8, 4) is 41.0 Å². The van der Waals surface area contributed by atoms with E-state index in [1.165, 1.54) is 0 Å². The zero-order valence-electron chi connectivity index (χ0n) is 26.9. The minimum absolute atomic E-state index is 0.0172. The number of terminal acetylenes is 1. The summed E-state index contributed by atoms with van der Waals surface area (Å²) < 4.78 is 35.5. The summed E-state index contributed by atoms with van der Waals surface area (Å²) in [6.45, 7) is 10.6. The monoisotopic (exact) mass is 637 g/mol. The molecular weight excluding hydrogens is 597 g/mol. The Labute approximate surface area is 274 Å².